The van der Waals surface area contributed by atoms with Crippen LogP contribution >= 0.6 is 0 Å². The summed E-state index contributed by atoms with van der Waals surface area (Å²) in [7, 11) is 1.54. The van der Waals surface area contributed by atoms with Gasteiger partial charge in [0.05, 0.1) is 19.2 Å². The number of fused-ring (bicyclic) bond motifs is 1. The summed E-state index contributed by atoms with van der Waals surface area (Å²) >= 11 is 0. The van der Waals surface area contributed by atoms with Gasteiger partial charge < -0.3 is 19.3 Å². The summed E-state index contributed by atoms with van der Waals surface area (Å²) in [6.45, 7) is 2.45. The number of benzene rings is 1. The van der Waals surface area contributed by atoms with E-state index in [0.29, 0.717) is 40.9 Å². The fourth-order valence-corrected chi connectivity index (χ4v) is 3.18. The summed E-state index contributed by atoms with van der Waals surface area (Å²) in [6.07, 6.45) is 3.72. The van der Waals surface area contributed by atoms with Crippen molar-refractivity contribution in [1.29, 1.82) is 0 Å². The number of imidazole rings is 1. The van der Waals surface area contributed by atoms with E-state index >= 15 is 0 Å². The van der Waals surface area contributed by atoms with E-state index in [1.807, 2.05) is 37.3 Å². The highest BCUT2D eigenvalue weighted by Crippen LogP contribution is 2.24. The average molecular weight is 449 g/mol. The van der Waals surface area contributed by atoms with E-state index in [1.54, 1.807) is 16.7 Å². The monoisotopic (exact) mass is 449 g/mol. The van der Waals surface area contributed by atoms with Crippen LogP contribution in [0.25, 0.3) is 17.0 Å². The molecule has 0 saturated heterocycles. The van der Waals surface area contributed by atoms with Gasteiger partial charge in [0.15, 0.2) is 0 Å². The van der Waals surface area contributed by atoms with Crippen molar-refractivity contribution in [2.75, 3.05) is 25.6 Å². The van der Waals surface area contributed by atoms with Gasteiger partial charge in [-0.15, -0.1) is 0 Å². The maximum atomic E-state index is 12.9. The van der Waals surface area contributed by atoms with Crippen molar-refractivity contribution in [3.63, 3.8) is 0 Å². The van der Waals surface area contributed by atoms with Crippen LogP contribution in [0.1, 0.15) is 28.4 Å². The first-order chi connectivity index (χ1) is 16.0. The van der Waals surface area contributed by atoms with Gasteiger partial charge in [0, 0.05) is 31.0 Å². The minimum atomic E-state index is -0.362. The molecule has 3 heterocycles. The van der Waals surface area contributed by atoms with Gasteiger partial charge in [-0.05, 0) is 30.7 Å². The number of nitrogens with zero attached hydrogens (tertiary/aromatic N) is 4. The predicted octanol–water partition coefficient (Wildman–Crippen LogP) is 3.07. The fourth-order valence-electron chi connectivity index (χ4n) is 3.18. The molecule has 0 bridgehead atoms. The molecule has 170 valence electrons. The highest BCUT2D eigenvalue weighted by molar-refractivity contribution is 6.04. The van der Waals surface area contributed by atoms with E-state index in [1.165, 1.54) is 13.3 Å². The van der Waals surface area contributed by atoms with Gasteiger partial charge in [0.25, 0.3) is 5.91 Å². The number of methoxy groups -OCH3 is 1. The number of aryl methyl sites for hydroxylation is 2. The lowest BCUT2D eigenvalue weighted by atomic mass is 10.1. The van der Waals surface area contributed by atoms with Crippen LogP contribution in [-0.2, 0) is 20.7 Å². The number of pyridine rings is 1. The lowest BCUT2D eigenvalue weighted by Crippen LogP contribution is -2.15. The molecule has 0 spiro atoms. The third-order valence-corrected chi connectivity index (χ3v) is 4.96. The largest absolute Gasteiger partial charge is 0.463 e. The first kappa shape index (κ1) is 22.2. The Morgan fingerprint density at radius 3 is 2.91 bits per heavy atom. The number of hydrogen-bond donors (Lipinski definition) is 1. The van der Waals surface area contributed by atoms with Gasteiger partial charge in [-0.2, -0.15) is 4.98 Å². The maximum Gasteiger partial charge on any atom is 0.306 e. The van der Waals surface area contributed by atoms with E-state index < -0.39 is 0 Å². The first-order valence-electron chi connectivity index (χ1n) is 10.4. The highest BCUT2D eigenvalue weighted by Gasteiger charge is 2.16. The molecule has 0 unspecified atom stereocenters. The maximum absolute atomic E-state index is 12.9. The summed E-state index contributed by atoms with van der Waals surface area (Å²) in [5.74, 6) is 0.0444. The molecule has 0 atom stereocenters. The second-order valence-corrected chi connectivity index (χ2v) is 7.28. The number of carbonyl (C=O) groups is 2. The third kappa shape index (κ3) is 5.24. The van der Waals surface area contributed by atoms with E-state index in [4.69, 9.17) is 14.0 Å². The number of nitrogens with one attached hydrogen (secondary N) is 1. The molecule has 0 aliphatic rings. The predicted molar refractivity (Wildman–Crippen MR) is 119 cm³/mol. The Labute approximate surface area is 189 Å². The van der Waals surface area contributed by atoms with Crippen molar-refractivity contribution in [2.24, 2.45) is 0 Å². The molecular weight excluding hydrogens is 426 g/mol. The van der Waals surface area contributed by atoms with Crippen LogP contribution in [0.2, 0.25) is 0 Å². The van der Waals surface area contributed by atoms with Crippen molar-refractivity contribution >= 4 is 23.2 Å². The topological polar surface area (TPSA) is 121 Å². The van der Waals surface area contributed by atoms with Crippen molar-refractivity contribution in [2.45, 2.75) is 19.8 Å². The van der Waals surface area contributed by atoms with Gasteiger partial charge in [-0.25, -0.2) is 4.98 Å². The molecule has 33 heavy (non-hydrogen) atoms. The van der Waals surface area contributed by atoms with Crippen molar-refractivity contribution in [1.82, 2.24) is 19.5 Å². The zero-order valence-corrected chi connectivity index (χ0v) is 18.3. The Morgan fingerprint density at radius 2 is 2.06 bits per heavy atom. The summed E-state index contributed by atoms with van der Waals surface area (Å²) in [5, 5.41) is 6.92. The number of carbonyl (C=O) groups excluding carboxylic acids is 2. The Hall–Kier alpha value is -4.05. The Morgan fingerprint density at radius 1 is 1.18 bits per heavy atom. The van der Waals surface area contributed by atoms with Gasteiger partial charge >= 0.3 is 5.97 Å². The summed E-state index contributed by atoms with van der Waals surface area (Å²) < 4.78 is 16.8. The molecule has 0 aliphatic carbocycles. The summed E-state index contributed by atoms with van der Waals surface area (Å²) in [5.41, 5.74) is 3.29. The SMILES string of the molecule is COCCOC(=O)CCc1nc(-c2ccc(C)c(NC(=O)c3cnc4ccccn34)c2)no1. The second-order valence-electron chi connectivity index (χ2n) is 7.28. The number of esters is 1. The van der Waals surface area contributed by atoms with E-state index in [0.717, 1.165) is 5.56 Å². The van der Waals surface area contributed by atoms with Crippen LogP contribution in [0.15, 0.2) is 53.3 Å². The number of amides is 1. The molecule has 10 heteroatoms. The summed E-state index contributed by atoms with van der Waals surface area (Å²) in [4.78, 5) is 33.2. The molecule has 0 aliphatic heterocycles. The van der Waals surface area contributed by atoms with Gasteiger partial charge in [-0.3, -0.25) is 14.0 Å². The molecule has 1 aromatic carbocycles. The molecule has 4 aromatic rings. The number of ether oxygens (including phenoxy) is 2. The first-order valence-corrected chi connectivity index (χ1v) is 10.4. The van der Waals surface area contributed by atoms with E-state index in [2.05, 4.69) is 20.4 Å². The molecule has 10 nitrogen and oxygen atoms in total. The van der Waals surface area contributed by atoms with Crippen LogP contribution in [0.3, 0.4) is 0 Å². The zero-order chi connectivity index (χ0) is 23.2. The smallest absolute Gasteiger partial charge is 0.306 e. The van der Waals surface area contributed by atoms with Gasteiger partial charge in [0.2, 0.25) is 11.7 Å². The van der Waals surface area contributed by atoms with E-state index in [9.17, 15) is 9.59 Å². The van der Waals surface area contributed by atoms with Crippen molar-refractivity contribution < 1.29 is 23.6 Å². The summed E-state index contributed by atoms with van der Waals surface area (Å²) in [6, 6.07) is 11.0. The zero-order valence-electron chi connectivity index (χ0n) is 18.3. The van der Waals surface area contributed by atoms with E-state index in [-0.39, 0.29) is 31.3 Å². The molecule has 0 fully saturated rings. The van der Waals surface area contributed by atoms with Crippen molar-refractivity contribution in [3.8, 4) is 11.4 Å². The Kier molecular flexibility index (Phi) is 6.75. The fraction of sp³-hybridized carbons (Fsp3) is 0.261. The van der Waals surface area contributed by atoms with Crippen LogP contribution in [-0.4, -0.2) is 51.7 Å². The van der Waals surface area contributed by atoms with Gasteiger partial charge in [0.1, 0.15) is 17.9 Å². The van der Waals surface area contributed by atoms with Crippen LogP contribution in [0.5, 0.6) is 0 Å². The second kappa shape index (κ2) is 10.0. The Bertz CT molecular complexity index is 1280. The minimum Gasteiger partial charge on any atom is -0.463 e. The molecule has 3 aromatic heterocycles. The molecule has 1 amide bonds. The Balaban J connectivity index is 1.44. The van der Waals surface area contributed by atoms with Crippen molar-refractivity contribution in [3.05, 3.63) is 65.9 Å². The van der Waals surface area contributed by atoms with Crippen LogP contribution in [0, 0.1) is 6.92 Å². The third-order valence-electron chi connectivity index (χ3n) is 4.96. The quantitative estimate of drug-likeness (QED) is 0.306. The van der Waals surface area contributed by atoms with Crippen LogP contribution < -0.4 is 5.32 Å². The molecule has 1 N–H and O–H groups in total. The molecule has 0 saturated carbocycles. The number of rotatable bonds is 9. The minimum absolute atomic E-state index is 0.125. The number of aromatic nitrogens is 4. The number of hydrogen-bond acceptors (Lipinski definition) is 8. The normalized spacial score (nSPS) is 11.0. The standard InChI is InChI=1S/C23H23N5O5/c1-15-6-7-16(22-26-20(33-27-22)8-9-21(29)32-12-11-31-2)13-17(15)25-23(30)18-14-24-19-5-3-4-10-28(18)19/h3-7,10,13-14H,8-9,11-12H2,1-2H3,(H,25,30). The van der Waals surface area contributed by atoms with Gasteiger partial charge in [-0.1, -0.05) is 23.4 Å². The average Bonchev–Trinajstić information content (AvgIpc) is 3.47. The molecule has 4 rings (SSSR count). The lowest BCUT2D eigenvalue weighted by molar-refractivity contribution is -0.144. The van der Waals surface area contributed by atoms with Crippen LogP contribution in [0.4, 0.5) is 5.69 Å². The number of anilines is 1. The molecule has 0 radical (unpaired) electrons. The molecular formula is C23H23N5O5. The lowest BCUT2D eigenvalue weighted by Gasteiger charge is -2.09. The highest BCUT2D eigenvalue weighted by atomic mass is 16.6.